The maximum Gasteiger partial charge on any atom is 0.410 e. The molecule has 4 rings (SSSR count). The van der Waals surface area contributed by atoms with E-state index in [1.165, 1.54) is 43.4 Å². The third-order valence-electron chi connectivity index (χ3n) is 5.96. The van der Waals surface area contributed by atoms with E-state index in [1.54, 1.807) is 6.07 Å². The fourth-order valence-corrected chi connectivity index (χ4v) is 5.38. The van der Waals surface area contributed by atoms with Crippen LogP contribution in [-0.2, 0) is 0 Å². The van der Waals surface area contributed by atoms with Crippen molar-refractivity contribution in [2.45, 2.75) is 32.1 Å². The SMILES string of the molecule is NC(=O)Nc1sc(-c2ccc(N3CCCC3)cc2OCCN2CCCCC2)cc1OC(N)=O. The summed E-state index contributed by atoms with van der Waals surface area (Å²) < 4.78 is 11.4. The van der Waals surface area contributed by atoms with E-state index in [0.717, 1.165) is 54.6 Å². The molecule has 3 amide bonds. The monoisotopic (exact) mass is 473 g/mol. The second-order valence-electron chi connectivity index (χ2n) is 8.34. The first kappa shape index (κ1) is 23.2. The molecular weight excluding hydrogens is 442 g/mol. The highest BCUT2D eigenvalue weighted by Crippen LogP contribution is 2.44. The normalized spacial score (nSPS) is 16.5. The fourth-order valence-electron chi connectivity index (χ4n) is 4.36. The van der Waals surface area contributed by atoms with Crippen molar-refractivity contribution in [2.75, 3.05) is 49.5 Å². The van der Waals surface area contributed by atoms with Crippen LogP contribution in [-0.4, -0.2) is 56.4 Å². The van der Waals surface area contributed by atoms with Crippen molar-refractivity contribution < 1.29 is 19.1 Å². The zero-order valence-electron chi connectivity index (χ0n) is 18.7. The number of rotatable bonds is 8. The summed E-state index contributed by atoms with van der Waals surface area (Å²) in [7, 11) is 0. The van der Waals surface area contributed by atoms with Crippen LogP contribution in [0.1, 0.15) is 32.1 Å². The molecule has 3 heterocycles. The number of benzene rings is 1. The first-order valence-corrected chi connectivity index (χ1v) is 12.2. The number of nitrogens with zero attached hydrogens (tertiary/aromatic N) is 2. The summed E-state index contributed by atoms with van der Waals surface area (Å²) in [6.45, 7) is 5.76. The van der Waals surface area contributed by atoms with Crippen LogP contribution >= 0.6 is 11.3 Å². The Labute approximate surface area is 197 Å². The van der Waals surface area contributed by atoms with Gasteiger partial charge in [0.05, 0.1) is 0 Å². The van der Waals surface area contributed by atoms with Crippen LogP contribution in [0, 0.1) is 0 Å². The van der Waals surface area contributed by atoms with Crippen LogP contribution in [0.2, 0.25) is 0 Å². The molecule has 1 aromatic carbocycles. The number of hydrogen-bond donors (Lipinski definition) is 3. The Bertz CT molecular complexity index is 950. The Balaban J connectivity index is 1.60. The molecule has 0 spiro atoms. The number of ether oxygens (including phenoxy) is 2. The maximum atomic E-state index is 11.4. The van der Waals surface area contributed by atoms with Crippen LogP contribution in [0.4, 0.5) is 20.3 Å². The van der Waals surface area contributed by atoms with E-state index >= 15 is 0 Å². The van der Waals surface area contributed by atoms with E-state index in [4.69, 9.17) is 20.9 Å². The van der Waals surface area contributed by atoms with Crippen molar-refractivity contribution in [3.8, 4) is 21.9 Å². The van der Waals surface area contributed by atoms with Crippen molar-refractivity contribution in [2.24, 2.45) is 11.5 Å². The van der Waals surface area contributed by atoms with Gasteiger partial charge >= 0.3 is 12.1 Å². The van der Waals surface area contributed by atoms with Crippen LogP contribution in [0.5, 0.6) is 11.5 Å². The Morgan fingerprint density at radius 3 is 2.39 bits per heavy atom. The van der Waals surface area contributed by atoms with E-state index in [0.29, 0.717) is 11.6 Å². The molecule has 9 nitrogen and oxygen atoms in total. The Morgan fingerprint density at radius 1 is 0.970 bits per heavy atom. The van der Waals surface area contributed by atoms with Gasteiger partial charge in [-0.3, -0.25) is 10.2 Å². The minimum Gasteiger partial charge on any atom is -0.491 e. The predicted molar refractivity (Wildman–Crippen MR) is 130 cm³/mol. The van der Waals surface area contributed by atoms with E-state index in [9.17, 15) is 9.59 Å². The van der Waals surface area contributed by atoms with E-state index in [-0.39, 0.29) is 5.75 Å². The van der Waals surface area contributed by atoms with E-state index in [2.05, 4.69) is 27.2 Å². The van der Waals surface area contributed by atoms with Crippen molar-refractivity contribution >= 4 is 34.1 Å². The molecule has 2 saturated heterocycles. The summed E-state index contributed by atoms with van der Waals surface area (Å²) in [5.74, 6) is 0.915. The van der Waals surface area contributed by atoms with Gasteiger partial charge in [0.15, 0.2) is 5.75 Å². The Hall–Kier alpha value is -2.98. The molecule has 2 fully saturated rings. The van der Waals surface area contributed by atoms with Gasteiger partial charge in [-0.05, 0) is 50.9 Å². The van der Waals surface area contributed by atoms with Gasteiger partial charge in [-0.15, -0.1) is 11.3 Å². The minimum absolute atomic E-state index is 0.157. The lowest BCUT2D eigenvalue weighted by atomic mass is 10.1. The molecule has 2 aliphatic rings. The predicted octanol–water partition coefficient (Wildman–Crippen LogP) is 3.83. The maximum absolute atomic E-state index is 11.4. The molecule has 5 N–H and O–H groups in total. The van der Waals surface area contributed by atoms with Crippen LogP contribution in [0.25, 0.3) is 10.4 Å². The lowest BCUT2D eigenvalue weighted by molar-refractivity contribution is 0.183. The van der Waals surface area contributed by atoms with Gasteiger partial charge in [0.25, 0.3) is 0 Å². The van der Waals surface area contributed by atoms with Gasteiger partial charge in [-0.1, -0.05) is 6.42 Å². The number of amides is 3. The number of hydrogen-bond acceptors (Lipinski definition) is 7. The third-order valence-corrected chi connectivity index (χ3v) is 7.03. The summed E-state index contributed by atoms with van der Waals surface area (Å²) in [6.07, 6.45) is 5.19. The molecule has 2 aromatic rings. The van der Waals surface area contributed by atoms with Gasteiger partial charge in [-0.25, -0.2) is 9.59 Å². The Kier molecular flexibility index (Phi) is 7.56. The molecule has 0 bridgehead atoms. The zero-order valence-corrected chi connectivity index (χ0v) is 19.5. The number of thiophene rings is 1. The van der Waals surface area contributed by atoms with Crippen LogP contribution in [0.3, 0.4) is 0 Å². The van der Waals surface area contributed by atoms with Crippen molar-refractivity contribution in [1.82, 2.24) is 4.90 Å². The zero-order chi connectivity index (χ0) is 23.2. The molecule has 1 aromatic heterocycles. The van der Waals surface area contributed by atoms with Gasteiger partial charge in [0, 0.05) is 47.9 Å². The first-order chi connectivity index (χ1) is 16.0. The van der Waals surface area contributed by atoms with Crippen LogP contribution in [0.15, 0.2) is 24.3 Å². The summed E-state index contributed by atoms with van der Waals surface area (Å²) in [5.41, 5.74) is 12.5. The molecule has 0 aliphatic carbocycles. The number of piperidine rings is 1. The Morgan fingerprint density at radius 2 is 1.70 bits per heavy atom. The van der Waals surface area contributed by atoms with Gasteiger partial charge in [-0.2, -0.15) is 0 Å². The number of carbonyl (C=O) groups is 2. The highest BCUT2D eigenvalue weighted by atomic mass is 32.1. The average Bonchev–Trinajstić information content (AvgIpc) is 3.45. The molecule has 0 unspecified atom stereocenters. The minimum atomic E-state index is -0.964. The van der Waals surface area contributed by atoms with Gasteiger partial charge < -0.3 is 25.8 Å². The van der Waals surface area contributed by atoms with E-state index < -0.39 is 12.1 Å². The molecule has 2 aliphatic heterocycles. The molecule has 0 atom stereocenters. The number of anilines is 2. The van der Waals surface area contributed by atoms with Crippen molar-refractivity contribution in [3.63, 3.8) is 0 Å². The number of likely N-dealkylation sites (tertiary alicyclic amines) is 1. The standard InChI is InChI=1S/C23H31N5O4S/c24-22(29)26-21-19(32-23(25)30)15-20(33-21)17-7-6-16(28-10-4-5-11-28)14-18(17)31-13-12-27-8-2-1-3-9-27/h6-7,14-15H,1-5,8-13H2,(H2,25,30)(H3,24,26,29). The second-order valence-corrected chi connectivity index (χ2v) is 9.39. The average molecular weight is 474 g/mol. The highest BCUT2D eigenvalue weighted by molar-refractivity contribution is 7.20. The van der Waals surface area contributed by atoms with Crippen LogP contribution < -0.4 is 31.2 Å². The largest absolute Gasteiger partial charge is 0.491 e. The fraction of sp³-hybridized carbons (Fsp3) is 0.478. The van der Waals surface area contributed by atoms with Crippen molar-refractivity contribution in [1.29, 1.82) is 0 Å². The summed E-state index contributed by atoms with van der Waals surface area (Å²) in [5, 5.41) is 2.82. The molecule has 0 saturated carbocycles. The summed E-state index contributed by atoms with van der Waals surface area (Å²) in [4.78, 5) is 28.3. The smallest absolute Gasteiger partial charge is 0.410 e. The molecule has 0 radical (unpaired) electrons. The molecular formula is C23H31N5O4S. The second kappa shape index (κ2) is 10.8. The van der Waals surface area contributed by atoms with Crippen molar-refractivity contribution in [3.05, 3.63) is 24.3 Å². The quantitative estimate of drug-likeness (QED) is 0.535. The third kappa shape index (κ3) is 6.08. The molecule has 33 heavy (non-hydrogen) atoms. The topological polar surface area (TPSA) is 123 Å². The summed E-state index contributed by atoms with van der Waals surface area (Å²) in [6, 6.07) is 7.08. The number of carbonyl (C=O) groups excluding carboxylic acids is 2. The highest BCUT2D eigenvalue weighted by Gasteiger charge is 2.20. The lowest BCUT2D eigenvalue weighted by Crippen LogP contribution is -2.33. The first-order valence-electron chi connectivity index (χ1n) is 11.4. The number of nitrogens with one attached hydrogen (secondary N) is 1. The molecule has 178 valence electrons. The lowest BCUT2D eigenvalue weighted by Gasteiger charge is -2.26. The number of nitrogens with two attached hydrogens (primary N) is 2. The van der Waals surface area contributed by atoms with E-state index in [1.807, 2.05) is 6.07 Å². The summed E-state index contributed by atoms with van der Waals surface area (Å²) >= 11 is 1.25. The number of primary amides is 2. The number of urea groups is 1. The van der Waals surface area contributed by atoms with Gasteiger partial charge in [0.1, 0.15) is 17.4 Å². The van der Waals surface area contributed by atoms with Gasteiger partial charge in [0.2, 0.25) is 0 Å². The molecule has 10 heteroatoms.